The second kappa shape index (κ2) is 5.54. The fourth-order valence-corrected chi connectivity index (χ4v) is 2.97. The van der Waals surface area contributed by atoms with Crippen LogP contribution >= 0.6 is 23.2 Å². The number of hydrogen-bond acceptors (Lipinski definition) is 4. The summed E-state index contributed by atoms with van der Waals surface area (Å²) in [6, 6.07) is 3.72. The number of sulfone groups is 1. The smallest absolute Gasteiger partial charge is 0.154 e. The van der Waals surface area contributed by atoms with Gasteiger partial charge >= 0.3 is 0 Å². The zero-order valence-corrected chi connectivity index (χ0v) is 11.4. The zero-order valence-electron chi connectivity index (χ0n) is 9.10. The maximum atomic E-state index is 11.4. The molecule has 3 N–H and O–H groups in total. The maximum absolute atomic E-state index is 11.4. The van der Waals surface area contributed by atoms with Gasteiger partial charge in [-0.2, -0.15) is 0 Å². The summed E-state index contributed by atoms with van der Waals surface area (Å²) < 4.78 is 22.9. The van der Waals surface area contributed by atoms with E-state index in [1.54, 1.807) is 12.1 Å². The second-order valence-electron chi connectivity index (χ2n) is 3.74. The number of aliphatic hydroxyl groups is 1. The van der Waals surface area contributed by atoms with Crippen LogP contribution in [0.1, 0.15) is 11.6 Å². The predicted octanol–water partition coefficient (Wildman–Crippen LogP) is 1.40. The summed E-state index contributed by atoms with van der Waals surface area (Å²) >= 11 is 11.7. The Morgan fingerprint density at radius 2 is 2.00 bits per heavy atom. The molecule has 7 heteroatoms. The molecule has 2 atom stereocenters. The number of rotatable bonds is 4. The van der Waals surface area contributed by atoms with Crippen LogP contribution in [-0.2, 0) is 9.84 Å². The van der Waals surface area contributed by atoms with E-state index in [-0.39, 0.29) is 5.02 Å². The molecule has 0 radical (unpaired) electrons. The first-order valence-electron chi connectivity index (χ1n) is 4.77. The highest BCUT2D eigenvalue weighted by molar-refractivity contribution is 7.91. The van der Waals surface area contributed by atoms with Crippen molar-refractivity contribution in [1.82, 2.24) is 0 Å². The highest BCUT2D eigenvalue weighted by atomic mass is 35.5. The largest absolute Gasteiger partial charge is 0.395 e. The Morgan fingerprint density at radius 1 is 1.41 bits per heavy atom. The van der Waals surface area contributed by atoms with E-state index < -0.39 is 27.7 Å². The van der Waals surface area contributed by atoms with Crippen molar-refractivity contribution in [2.75, 3.05) is 12.9 Å². The quantitative estimate of drug-likeness (QED) is 0.880. The lowest BCUT2D eigenvalue weighted by Gasteiger charge is -2.21. The van der Waals surface area contributed by atoms with Crippen molar-refractivity contribution in [1.29, 1.82) is 0 Å². The molecular weight excluding hydrogens is 285 g/mol. The van der Waals surface area contributed by atoms with Crippen LogP contribution in [0.5, 0.6) is 0 Å². The SMILES string of the molecule is CS(=O)(=O)[C@H](CO)[C@H](N)c1ccc(Cl)cc1Cl. The van der Waals surface area contributed by atoms with Gasteiger partial charge in [0.2, 0.25) is 0 Å². The molecule has 1 rings (SSSR count). The fourth-order valence-electron chi connectivity index (χ4n) is 1.49. The van der Waals surface area contributed by atoms with E-state index in [1.165, 1.54) is 6.07 Å². The fraction of sp³-hybridized carbons (Fsp3) is 0.400. The molecule has 0 saturated carbocycles. The Balaban J connectivity index is 3.15. The Kier molecular flexibility index (Phi) is 4.80. The molecule has 0 unspecified atom stereocenters. The van der Waals surface area contributed by atoms with Gasteiger partial charge in [-0.25, -0.2) is 8.42 Å². The minimum Gasteiger partial charge on any atom is -0.395 e. The van der Waals surface area contributed by atoms with Gasteiger partial charge in [0, 0.05) is 16.3 Å². The van der Waals surface area contributed by atoms with E-state index in [2.05, 4.69) is 0 Å². The maximum Gasteiger partial charge on any atom is 0.154 e. The average Bonchev–Trinajstić information content (AvgIpc) is 2.15. The predicted molar refractivity (Wildman–Crippen MR) is 69.1 cm³/mol. The Morgan fingerprint density at radius 3 is 2.41 bits per heavy atom. The number of aliphatic hydroxyl groups excluding tert-OH is 1. The van der Waals surface area contributed by atoms with Gasteiger partial charge < -0.3 is 10.8 Å². The lowest BCUT2D eigenvalue weighted by Crippen LogP contribution is -2.36. The first-order valence-corrected chi connectivity index (χ1v) is 7.48. The van der Waals surface area contributed by atoms with Crippen LogP contribution < -0.4 is 5.73 Å². The monoisotopic (exact) mass is 297 g/mol. The van der Waals surface area contributed by atoms with Gasteiger partial charge in [0.25, 0.3) is 0 Å². The van der Waals surface area contributed by atoms with Crippen molar-refractivity contribution in [3.8, 4) is 0 Å². The van der Waals surface area contributed by atoms with Gasteiger partial charge in [-0.3, -0.25) is 0 Å². The molecule has 0 saturated heterocycles. The van der Waals surface area contributed by atoms with E-state index in [0.717, 1.165) is 6.26 Å². The molecule has 0 aliphatic carbocycles. The molecule has 0 heterocycles. The van der Waals surface area contributed by atoms with E-state index in [4.69, 9.17) is 34.0 Å². The van der Waals surface area contributed by atoms with Gasteiger partial charge in [0.1, 0.15) is 5.25 Å². The molecule has 1 aromatic rings. The van der Waals surface area contributed by atoms with Crippen molar-refractivity contribution in [2.24, 2.45) is 5.73 Å². The van der Waals surface area contributed by atoms with Crippen molar-refractivity contribution in [3.05, 3.63) is 33.8 Å². The van der Waals surface area contributed by atoms with Gasteiger partial charge in [0.15, 0.2) is 9.84 Å². The van der Waals surface area contributed by atoms with Crippen molar-refractivity contribution in [2.45, 2.75) is 11.3 Å². The minimum atomic E-state index is -3.46. The summed E-state index contributed by atoms with van der Waals surface area (Å²) in [5.41, 5.74) is 6.27. The first-order chi connectivity index (χ1) is 7.77. The van der Waals surface area contributed by atoms with Crippen molar-refractivity contribution in [3.63, 3.8) is 0 Å². The highest BCUT2D eigenvalue weighted by Gasteiger charge is 2.29. The third kappa shape index (κ3) is 3.56. The van der Waals surface area contributed by atoms with Crippen molar-refractivity contribution >= 4 is 33.0 Å². The molecule has 0 amide bonds. The van der Waals surface area contributed by atoms with E-state index >= 15 is 0 Å². The molecule has 0 aliphatic heterocycles. The number of hydrogen-bond donors (Lipinski definition) is 2. The van der Waals surface area contributed by atoms with Gasteiger partial charge in [-0.15, -0.1) is 0 Å². The van der Waals surface area contributed by atoms with Crippen LogP contribution in [0.2, 0.25) is 10.0 Å². The summed E-state index contributed by atoms with van der Waals surface area (Å²) in [4.78, 5) is 0. The third-order valence-corrected chi connectivity index (χ3v) is 4.56. The molecule has 0 aromatic heterocycles. The van der Waals surface area contributed by atoms with Crippen LogP contribution in [0.3, 0.4) is 0 Å². The van der Waals surface area contributed by atoms with Gasteiger partial charge in [-0.1, -0.05) is 29.3 Å². The molecule has 0 fully saturated rings. The van der Waals surface area contributed by atoms with Crippen LogP contribution in [0.4, 0.5) is 0 Å². The second-order valence-corrected chi connectivity index (χ2v) is 6.85. The van der Waals surface area contributed by atoms with E-state index in [9.17, 15) is 8.42 Å². The summed E-state index contributed by atoms with van der Waals surface area (Å²) in [5.74, 6) is 0. The van der Waals surface area contributed by atoms with Crippen LogP contribution in [0.25, 0.3) is 0 Å². The van der Waals surface area contributed by atoms with Crippen LogP contribution in [-0.4, -0.2) is 31.6 Å². The Bertz CT molecular complexity index is 504. The Hall–Kier alpha value is -0.330. The number of nitrogens with two attached hydrogens (primary N) is 1. The lowest BCUT2D eigenvalue weighted by molar-refractivity contribution is 0.278. The summed E-state index contributed by atoms with van der Waals surface area (Å²) in [5, 5.41) is 8.75. The molecule has 4 nitrogen and oxygen atoms in total. The van der Waals surface area contributed by atoms with Crippen molar-refractivity contribution < 1.29 is 13.5 Å². The number of benzene rings is 1. The summed E-state index contributed by atoms with van der Waals surface area (Å²) in [6.45, 7) is -0.557. The summed E-state index contributed by atoms with van der Waals surface area (Å²) in [6.07, 6.45) is 1.03. The Labute approximate surface area is 110 Å². The van der Waals surface area contributed by atoms with E-state index in [0.29, 0.717) is 10.6 Å². The molecule has 1 aromatic carbocycles. The first kappa shape index (κ1) is 14.7. The highest BCUT2D eigenvalue weighted by Crippen LogP contribution is 2.28. The topological polar surface area (TPSA) is 80.4 Å². The van der Waals surface area contributed by atoms with Crippen LogP contribution in [0.15, 0.2) is 18.2 Å². The lowest BCUT2D eigenvalue weighted by atomic mass is 10.0. The third-order valence-electron chi connectivity index (χ3n) is 2.45. The normalized spacial score (nSPS) is 15.6. The minimum absolute atomic E-state index is 0.284. The standard InChI is InChI=1S/C10H13Cl2NO3S/c1-17(15,16)9(5-14)10(13)7-3-2-6(11)4-8(7)12/h2-4,9-10,14H,5,13H2,1H3/t9-,10-/m1/s1. The summed E-state index contributed by atoms with van der Waals surface area (Å²) in [7, 11) is -3.46. The zero-order chi connectivity index (χ0) is 13.2. The molecule has 0 spiro atoms. The van der Waals surface area contributed by atoms with E-state index in [1.807, 2.05) is 0 Å². The number of halogens is 2. The molecule has 96 valence electrons. The van der Waals surface area contributed by atoms with Crippen LogP contribution in [0, 0.1) is 0 Å². The molecule has 0 bridgehead atoms. The molecule has 17 heavy (non-hydrogen) atoms. The average molecular weight is 298 g/mol. The molecule has 0 aliphatic rings. The van der Waals surface area contributed by atoms with Gasteiger partial charge in [0.05, 0.1) is 12.6 Å². The van der Waals surface area contributed by atoms with Gasteiger partial charge in [-0.05, 0) is 17.7 Å². The molecular formula is C10H13Cl2NO3S.